The summed E-state index contributed by atoms with van der Waals surface area (Å²) in [7, 11) is 4.81. The third kappa shape index (κ3) is 5.44. The molecule has 1 aliphatic rings. The average molecular weight is 420 g/mol. The summed E-state index contributed by atoms with van der Waals surface area (Å²) in [6.45, 7) is 2.21. The zero-order valence-electron chi connectivity index (χ0n) is 17.2. The number of aromatic nitrogens is 3. The highest BCUT2D eigenvalue weighted by Crippen LogP contribution is 2.19. The summed E-state index contributed by atoms with van der Waals surface area (Å²) in [5.74, 6) is 0.298. The Hall–Kier alpha value is -3.21. The van der Waals surface area contributed by atoms with Gasteiger partial charge in [-0.25, -0.2) is 4.39 Å². The highest BCUT2D eigenvalue weighted by atomic mass is 19.1. The first-order chi connectivity index (χ1) is 14.5. The lowest BCUT2D eigenvalue weighted by atomic mass is 10.1. The molecule has 1 aromatic carbocycles. The molecule has 1 aliphatic heterocycles. The topological polar surface area (TPSA) is 102 Å². The van der Waals surface area contributed by atoms with Crippen molar-refractivity contribution in [2.24, 2.45) is 0 Å². The summed E-state index contributed by atoms with van der Waals surface area (Å²) >= 11 is 0. The van der Waals surface area contributed by atoms with Crippen molar-refractivity contribution in [1.29, 1.82) is 0 Å². The minimum absolute atomic E-state index is 0.141. The molecule has 1 unspecified atom stereocenters. The van der Waals surface area contributed by atoms with Gasteiger partial charge in [0.2, 0.25) is 11.9 Å². The molecule has 1 atom stereocenters. The van der Waals surface area contributed by atoms with Gasteiger partial charge in [-0.05, 0) is 19.2 Å². The quantitative estimate of drug-likeness (QED) is 0.606. The van der Waals surface area contributed by atoms with E-state index in [4.69, 9.17) is 14.2 Å². The van der Waals surface area contributed by atoms with E-state index in [1.165, 1.54) is 26.4 Å². The lowest BCUT2D eigenvalue weighted by Gasteiger charge is -2.38. The number of ether oxygens (including phenoxy) is 3. The maximum atomic E-state index is 13.2. The van der Waals surface area contributed by atoms with Gasteiger partial charge in [0, 0.05) is 25.7 Å². The summed E-state index contributed by atoms with van der Waals surface area (Å²) in [5, 5.41) is 2.86. The van der Waals surface area contributed by atoms with Crippen molar-refractivity contribution in [3.63, 3.8) is 0 Å². The number of amides is 1. The van der Waals surface area contributed by atoms with Crippen LogP contribution >= 0.6 is 0 Å². The Balaban J connectivity index is 1.56. The molecule has 0 bridgehead atoms. The van der Waals surface area contributed by atoms with Crippen LogP contribution in [0.1, 0.15) is 0 Å². The van der Waals surface area contributed by atoms with Gasteiger partial charge in [0.25, 0.3) is 0 Å². The van der Waals surface area contributed by atoms with Crippen molar-refractivity contribution in [2.45, 2.75) is 6.04 Å². The molecule has 0 spiro atoms. The Labute approximate surface area is 174 Å². The van der Waals surface area contributed by atoms with Crippen molar-refractivity contribution in [1.82, 2.24) is 25.2 Å². The number of anilines is 1. The SMILES string of the molecule is COc1nc(OC)nc(N2CCN(C)C(C(=O)NCCOc3cccc(F)c3)C2)n1. The van der Waals surface area contributed by atoms with Gasteiger partial charge in [-0.1, -0.05) is 6.07 Å². The number of nitrogens with zero attached hydrogens (tertiary/aromatic N) is 5. The van der Waals surface area contributed by atoms with Gasteiger partial charge in [0.05, 0.1) is 20.8 Å². The fourth-order valence-corrected chi connectivity index (χ4v) is 3.01. The third-order valence-electron chi connectivity index (χ3n) is 4.65. The number of likely N-dealkylation sites (N-methyl/N-ethyl adjacent to an activating group) is 1. The molecule has 1 fully saturated rings. The molecule has 1 N–H and O–H groups in total. The van der Waals surface area contributed by atoms with E-state index in [-0.39, 0.29) is 30.4 Å². The summed E-state index contributed by atoms with van der Waals surface area (Å²) < 4.78 is 28.8. The predicted octanol–water partition coefficient (Wildman–Crippen LogP) is 0.344. The van der Waals surface area contributed by atoms with Crippen LogP contribution in [0.15, 0.2) is 24.3 Å². The van der Waals surface area contributed by atoms with E-state index in [0.29, 0.717) is 37.9 Å². The van der Waals surface area contributed by atoms with E-state index < -0.39 is 6.04 Å². The molecule has 0 saturated carbocycles. The predicted molar refractivity (Wildman–Crippen MR) is 106 cm³/mol. The van der Waals surface area contributed by atoms with Crippen LogP contribution in [0.25, 0.3) is 0 Å². The number of methoxy groups -OCH3 is 2. The molecule has 1 amide bonds. The average Bonchev–Trinajstić information content (AvgIpc) is 2.76. The van der Waals surface area contributed by atoms with Crippen LogP contribution < -0.4 is 24.4 Å². The summed E-state index contributed by atoms with van der Waals surface area (Å²) in [4.78, 5) is 29.1. The van der Waals surface area contributed by atoms with Crippen LogP contribution in [0.4, 0.5) is 10.3 Å². The first kappa shape index (κ1) is 21.5. The van der Waals surface area contributed by atoms with Crippen molar-refractivity contribution in [3.8, 4) is 17.8 Å². The first-order valence-corrected chi connectivity index (χ1v) is 9.45. The monoisotopic (exact) mass is 420 g/mol. The fraction of sp³-hybridized carbons (Fsp3) is 0.474. The van der Waals surface area contributed by atoms with Gasteiger partial charge >= 0.3 is 12.0 Å². The molecule has 30 heavy (non-hydrogen) atoms. The molecule has 2 aromatic rings. The number of nitrogens with one attached hydrogen (secondary N) is 1. The number of piperazine rings is 1. The zero-order chi connectivity index (χ0) is 21.5. The Morgan fingerprint density at radius 1 is 1.20 bits per heavy atom. The first-order valence-electron chi connectivity index (χ1n) is 9.45. The lowest BCUT2D eigenvalue weighted by molar-refractivity contribution is -0.126. The molecule has 1 saturated heterocycles. The fourth-order valence-electron chi connectivity index (χ4n) is 3.01. The highest BCUT2D eigenvalue weighted by molar-refractivity contribution is 5.82. The van der Waals surface area contributed by atoms with Crippen molar-refractivity contribution in [3.05, 3.63) is 30.1 Å². The number of hydrogen-bond donors (Lipinski definition) is 1. The Morgan fingerprint density at radius 3 is 2.60 bits per heavy atom. The van der Waals surface area contributed by atoms with Crippen molar-refractivity contribution < 1.29 is 23.4 Å². The molecular weight excluding hydrogens is 395 g/mol. The number of rotatable bonds is 8. The van der Waals surface area contributed by atoms with Crippen molar-refractivity contribution >= 4 is 11.9 Å². The summed E-state index contributed by atoms with van der Waals surface area (Å²) in [6, 6.07) is 5.76. The molecule has 162 valence electrons. The number of carbonyl (C=O) groups excluding carboxylic acids is 1. The van der Waals surface area contributed by atoms with Gasteiger partial charge in [-0.2, -0.15) is 9.97 Å². The second kappa shape index (κ2) is 10.0. The van der Waals surface area contributed by atoms with Crippen LogP contribution in [0, 0.1) is 5.82 Å². The third-order valence-corrected chi connectivity index (χ3v) is 4.65. The minimum Gasteiger partial charge on any atom is -0.492 e. The van der Waals surface area contributed by atoms with Crippen LogP contribution in [0.5, 0.6) is 17.8 Å². The number of benzene rings is 1. The second-order valence-corrected chi connectivity index (χ2v) is 6.65. The number of hydrogen-bond acceptors (Lipinski definition) is 9. The van der Waals surface area contributed by atoms with Gasteiger partial charge in [-0.3, -0.25) is 9.69 Å². The lowest BCUT2D eigenvalue weighted by Crippen LogP contribution is -2.58. The molecule has 11 heteroatoms. The van der Waals surface area contributed by atoms with E-state index in [2.05, 4.69) is 20.3 Å². The minimum atomic E-state index is -0.401. The van der Waals surface area contributed by atoms with E-state index in [0.717, 1.165) is 0 Å². The van der Waals surface area contributed by atoms with Gasteiger partial charge in [0.15, 0.2) is 0 Å². The number of carbonyl (C=O) groups is 1. The largest absolute Gasteiger partial charge is 0.492 e. The van der Waals surface area contributed by atoms with Gasteiger partial charge < -0.3 is 24.4 Å². The Morgan fingerprint density at radius 2 is 1.93 bits per heavy atom. The molecule has 1 aromatic heterocycles. The molecule has 0 radical (unpaired) electrons. The Kier molecular flexibility index (Phi) is 7.17. The molecule has 2 heterocycles. The molecule has 10 nitrogen and oxygen atoms in total. The van der Waals surface area contributed by atoms with E-state index in [1.807, 2.05) is 16.8 Å². The maximum absolute atomic E-state index is 13.2. The Bertz CT molecular complexity index is 848. The summed E-state index contributed by atoms with van der Waals surface area (Å²) in [5.41, 5.74) is 0. The van der Waals surface area contributed by atoms with Gasteiger partial charge in [0.1, 0.15) is 24.2 Å². The van der Waals surface area contributed by atoms with E-state index in [9.17, 15) is 9.18 Å². The summed E-state index contributed by atoms with van der Waals surface area (Å²) in [6.07, 6.45) is 0. The van der Waals surface area contributed by atoms with Crippen LogP contribution in [-0.4, -0.2) is 85.9 Å². The second-order valence-electron chi connectivity index (χ2n) is 6.65. The molecular formula is C19H25FN6O4. The zero-order valence-corrected chi connectivity index (χ0v) is 17.2. The van der Waals surface area contributed by atoms with Crippen LogP contribution in [0.3, 0.4) is 0 Å². The van der Waals surface area contributed by atoms with Crippen molar-refractivity contribution in [2.75, 3.05) is 59.0 Å². The maximum Gasteiger partial charge on any atom is 0.324 e. The highest BCUT2D eigenvalue weighted by Gasteiger charge is 2.31. The van der Waals surface area contributed by atoms with Crippen LogP contribution in [0.2, 0.25) is 0 Å². The standard InChI is InChI=1S/C19H25FN6O4/c1-25-8-9-26(17-22-18(28-2)24-19(23-17)29-3)12-15(25)16(27)21-7-10-30-14-6-4-5-13(20)11-14/h4-6,11,15H,7-10,12H2,1-3H3,(H,21,27). The molecule has 3 rings (SSSR count). The smallest absolute Gasteiger partial charge is 0.324 e. The number of halogens is 1. The van der Waals surface area contributed by atoms with E-state index >= 15 is 0 Å². The van der Waals surface area contributed by atoms with Crippen LogP contribution in [-0.2, 0) is 4.79 Å². The van der Waals surface area contributed by atoms with E-state index in [1.54, 1.807) is 12.1 Å². The molecule has 0 aliphatic carbocycles. The van der Waals surface area contributed by atoms with Gasteiger partial charge in [-0.15, -0.1) is 4.98 Å². The normalized spacial score (nSPS) is 16.8.